The second-order valence-electron chi connectivity index (χ2n) is 12.8. The fourth-order valence-electron chi connectivity index (χ4n) is 9.33. The van der Waals surface area contributed by atoms with E-state index in [0.717, 1.165) is 54.8 Å². The number of ketones is 1. The average molecular weight is 401 g/mol. The molecule has 1 heteroatoms. The zero-order chi connectivity index (χ0) is 20.8. The average Bonchev–Trinajstić information content (AvgIpc) is 2.92. The standard InChI is InChI=1S/C28H48O/c1-19(2)8-6-9-20(3)24-13-14-25-23-12-11-21-18-22(29)10-7-16-27(21,4)26(23)15-17-28(24,25)5/h19-21,23-26H,6-18H2,1-5H3/t20-,21+,23-,24+,25-,26-,27+,28-/m1/s1. The van der Waals surface area contributed by atoms with Crippen molar-refractivity contribution in [1.82, 2.24) is 0 Å². The van der Waals surface area contributed by atoms with Gasteiger partial charge in [0.2, 0.25) is 0 Å². The highest BCUT2D eigenvalue weighted by Gasteiger charge is 2.60. The molecule has 29 heavy (non-hydrogen) atoms. The Kier molecular flexibility index (Phi) is 6.27. The molecule has 0 aliphatic heterocycles. The third-order valence-electron chi connectivity index (χ3n) is 10.9. The molecule has 0 amide bonds. The van der Waals surface area contributed by atoms with Gasteiger partial charge in [-0.2, -0.15) is 0 Å². The van der Waals surface area contributed by atoms with Gasteiger partial charge in [0.05, 0.1) is 0 Å². The monoisotopic (exact) mass is 400 g/mol. The lowest BCUT2D eigenvalue weighted by Gasteiger charge is -2.59. The topological polar surface area (TPSA) is 17.1 Å². The van der Waals surface area contributed by atoms with E-state index in [1.54, 1.807) is 0 Å². The smallest absolute Gasteiger partial charge is 0.133 e. The van der Waals surface area contributed by atoms with Gasteiger partial charge in [0.15, 0.2) is 0 Å². The third-order valence-corrected chi connectivity index (χ3v) is 10.9. The van der Waals surface area contributed by atoms with E-state index in [0.29, 0.717) is 22.5 Å². The molecule has 0 bridgehead atoms. The summed E-state index contributed by atoms with van der Waals surface area (Å²) in [5, 5.41) is 0. The SMILES string of the molecule is CC(C)CCC[C@@H](C)[C@@H]1CC[C@@H]2[C@H]3CC[C@H]4CC(=O)CCC[C@]4(C)[C@@H]3CC[C@@]21C. The normalized spacial score (nSPS) is 46.0. The van der Waals surface area contributed by atoms with Gasteiger partial charge in [-0.25, -0.2) is 0 Å². The first-order chi connectivity index (χ1) is 13.8. The molecule has 0 unspecified atom stereocenters. The summed E-state index contributed by atoms with van der Waals surface area (Å²) in [5.41, 5.74) is 1.06. The van der Waals surface area contributed by atoms with E-state index >= 15 is 0 Å². The summed E-state index contributed by atoms with van der Waals surface area (Å²) in [6, 6.07) is 0. The largest absolute Gasteiger partial charge is 0.300 e. The predicted octanol–water partition coefficient (Wildman–Crippen LogP) is 8.07. The summed E-state index contributed by atoms with van der Waals surface area (Å²) in [6.07, 6.45) is 17.2. The van der Waals surface area contributed by atoms with Gasteiger partial charge >= 0.3 is 0 Å². The van der Waals surface area contributed by atoms with Crippen LogP contribution >= 0.6 is 0 Å². The Morgan fingerprint density at radius 3 is 2.41 bits per heavy atom. The summed E-state index contributed by atoms with van der Waals surface area (Å²) < 4.78 is 0. The number of carbonyl (C=O) groups is 1. The van der Waals surface area contributed by atoms with Gasteiger partial charge in [-0.15, -0.1) is 0 Å². The van der Waals surface area contributed by atoms with Gasteiger partial charge in [0, 0.05) is 12.8 Å². The summed E-state index contributed by atoms with van der Waals surface area (Å²) in [5.74, 6) is 6.80. The van der Waals surface area contributed by atoms with Gasteiger partial charge < -0.3 is 0 Å². The fourth-order valence-corrected chi connectivity index (χ4v) is 9.33. The van der Waals surface area contributed by atoms with E-state index in [1.165, 1.54) is 64.2 Å². The maximum Gasteiger partial charge on any atom is 0.133 e. The van der Waals surface area contributed by atoms with Crippen LogP contribution in [0.5, 0.6) is 0 Å². The van der Waals surface area contributed by atoms with E-state index in [1.807, 2.05) is 0 Å². The minimum absolute atomic E-state index is 0.456. The van der Waals surface area contributed by atoms with Crippen molar-refractivity contribution < 1.29 is 4.79 Å². The summed E-state index contributed by atoms with van der Waals surface area (Å²) in [6.45, 7) is 12.6. The minimum atomic E-state index is 0.456. The Labute approximate surface area is 181 Å². The molecule has 8 atom stereocenters. The molecule has 4 aliphatic carbocycles. The Morgan fingerprint density at radius 2 is 1.66 bits per heavy atom. The number of hydrogen-bond donors (Lipinski definition) is 0. The molecule has 0 aromatic carbocycles. The molecule has 4 rings (SSSR count). The van der Waals surface area contributed by atoms with Crippen molar-refractivity contribution in [3.63, 3.8) is 0 Å². The molecule has 0 aromatic rings. The van der Waals surface area contributed by atoms with Crippen molar-refractivity contribution in [2.45, 2.75) is 118 Å². The zero-order valence-corrected chi connectivity index (χ0v) is 20.1. The minimum Gasteiger partial charge on any atom is -0.300 e. The molecule has 0 N–H and O–H groups in total. The van der Waals surface area contributed by atoms with Crippen molar-refractivity contribution in [3.8, 4) is 0 Å². The summed E-state index contributed by atoms with van der Waals surface area (Å²) >= 11 is 0. The first-order valence-corrected chi connectivity index (χ1v) is 13.3. The van der Waals surface area contributed by atoms with Crippen LogP contribution in [0.15, 0.2) is 0 Å². The van der Waals surface area contributed by atoms with Crippen LogP contribution < -0.4 is 0 Å². The lowest BCUT2D eigenvalue weighted by atomic mass is 9.46. The fraction of sp³-hybridized carbons (Fsp3) is 0.964. The van der Waals surface area contributed by atoms with Crippen molar-refractivity contribution in [3.05, 3.63) is 0 Å². The quantitative estimate of drug-likeness (QED) is 0.456. The molecule has 0 aromatic heterocycles. The highest BCUT2D eigenvalue weighted by atomic mass is 16.1. The Bertz CT molecular complexity index is 593. The van der Waals surface area contributed by atoms with Gasteiger partial charge in [-0.3, -0.25) is 4.79 Å². The van der Waals surface area contributed by atoms with Crippen LogP contribution in [0.4, 0.5) is 0 Å². The highest BCUT2D eigenvalue weighted by molar-refractivity contribution is 5.79. The van der Waals surface area contributed by atoms with E-state index in [4.69, 9.17) is 0 Å². The highest BCUT2D eigenvalue weighted by Crippen LogP contribution is 2.68. The molecule has 4 saturated carbocycles. The molecule has 0 heterocycles. The lowest BCUT2D eigenvalue weighted by Crippen LogP contribution is -2.52. The summed E-state index contributed by atoms with van der Waals surface area (Å²) in [4.78, 5) is 12.3. The van der Waals surface area contributed by atoms with Crippen LogP contribution in [-0.4, -0.2) is 5.78 Å². The second kappa shape index (κ2) is 8.31. The van der Waals surface area contributed by atoms with Crippen LogP contribution in [0.3, 0.4) is 0 Å². The van der Waals surface area contributed by atoms with Crippen LogP contribution in [-0.2, 0) is 4.79 Å². The van der Waals surface area contributed by atoms with Crippen molar-refractivity contribution in [2.75, 3.05) is 0 Å². The Morgan fingerprint density at radius 1 is 0.897 bits per heavy atom. The van der Waals surface area contributed by atoms with E-state index < -0.39 is 0 Å². The Hall–Kier alpha value is -0.330. The van der Waals surface area contributed by atoms with E-state index in [9.17, 15) is 4.79 Å². The maximum atomic E-state index is 12.3. The number of hydrogen-bond acceptors (Lipinski definition) is 1. The van der Waals surface area contributed by atoms with Gasteiger partial charge in [0.25, 0.3) is 0 Å². The first-order valence-electron chi connectivity index (χ1n) is 13.3. The molecular formula is C28H48O. The third kappa shape index (κ3) is 3.87. The number of rotatable bonds is 5. The molecule has 0 saturated heterocycles. The van der Waals surface area contributed by atoms with Crippen molar-refractivity contribution in [1.29, 1.82) is 0 Å². The molecule has 4 aliphatic rings. The van der Waals surface area contributed by atoms with Gasteiger partial charge in [-0.1, -0.05) is 53.9 Å². The van der Waals surface area contributed by atoms with E-state index in [2.05, 4.69) is 34.6 Å². The number of carbonyl (C=O) groups excluding carboxylic acids is 1. The molecule has 0 spiro atoms. The van der Waals surface area contributed by atoms with Crippen molar-refractivity contribution >= 4 is 5.78 Å². The second-order valence-corrected chi connectivity index (χ2v) is 12.8. The molecule has 4 fully saturated rings. The summed E-state index contributed by atoms with van der Waals surface area (Å²) in [7, 11) is 0. The van der Waals surface area contributed by atoms with Crippen LogP contribution in [0.1, 0.15) is 118 Å². The molecule has 1 nitrogen and oxygen atoms in total. The maximum absolute atomic E-state index is 12.3. The van der Waals surface area contributed by atoms with Crippen LogP contribution in [0, 0.1) is 52.3 Å². The molecular weight excluding hydrogens is 352 g/mol. The van der Waals surface area contributed by atoms with E-state index in [-0.39, 0.29) is 0 Å². The van der Waals surface area contributed by atoms with Crippen LogP contribution in [0.2, 0.25) is 0 Å². The van der Waals surface area contributed by atoms with Gasteiger partial charge in [-0.05, 0) is 104 Å². The van der Waals surface area contributed by atoms with Crippen LogP contribution in [0.25, 0.3) is 0 Å². The van der Waals surface area contributed by atoms with Crippen molar-refractivity contribution in [2.24, 2.45) is 52.3 Å². The predicted molar refractivity (Wildman–Crippen MR) is 123 cm³/mol. The Balaban J connectivity index is 1.48. The van der Waals surface area contributed by atoms with Gasteiger partial charge in [0.1, 0.15) is 5.78 Å². The first kappa shape index (κ1) is 21.9. The molecule has 166 valence electrons. The number of fused-ring (bicyclic) bond motifs is 5. The number of Topliss-reactive ketones (excluding diaryl/α,β-unsaturated/α-hetero) is 1. The molecule has 0 radical (unpaired) electrons. The lowest BCUT2D eigenvalue weighted by molar-refractivity contribution is -0.124. The zero-order valence-electron chi connectivity index (χ0n) is 20.1.